The van der Waals surface area contributed by atoms with E-state index in [1.807, 2.05) is 13.8 Å². The topological polar surface area (TPSA) is 41.9 Å². The maximum Gasteiger partial charge on any atom is 0.245 e. The average Bonchev–Trinajstić information content (AvgIpc) is 2.57. The van der Waals surface area contributed by atoms with Crippen molar-refractivity contribution in [3.8, 4) is 0 Å². The Morgan fingerprint density at radius 3 is 2.71 bits per heavy atom. The zero-order valence-electron chi connectivity index (χ0n) is 10.5. The van der Waals surface area contributed by atoms with Gasteiger partial charge in [0.05, 0.1) is 11.4 Å². The van der Waals surface area contributed by atoms with Gasteiger partial charge >= 0.3 is 0 Å². The van der Waals surface area contributed by atoms with E-state index in [9.17, 15) is 0 Å². The second-order valence-corrected chi connectivity index (χ2v) is 4.94. The highest BCUT2D eigenvalue weighted by Crippen LogP contribution is 2.22. The van der Waals surface area contributed by atoms with Crippen molar-refractivity contribution in [2.24, 2.45) is 0 Å². The SMILES string of the molecule is Cc1nnc(N2CCCCCC2CCl)nc1C. The molecule has 94 valence electrons. The number of halogens is 1. The quantitative estimate of drug-likeness (QED) is 0.761. The van der Waals surface area contributed by atoms with Gasteiger partial charge in [-0.1, -0.05) is 12.8 Å². The van der Waals surface area contributed by atoms with Crippen molar-refractivity contribution in [1.29, 1.82) is 0 Å². The number of aryl methyl sites for hydroxylation is 2. The Kier molecular flexibility index (Phi) is 4.15. The first-order valence-electron chi connectivity index (χ1n) is 6.23. The molecule has 1 atom stereocenters. The van der Waals surface area contributed by atoms with Gasteiger partial charge in [0.15, 0.2) is 0 Å². The zero-order valence-corrected chi connectivity index (χ0v) is 11.2. The third kappa shape index (κ3) is 2.86. The number of nitrogens with zero attached hydrogens (tertiary/aromatic N) is 4. The van der Waals surface area contributed by atoms with Crippen LogP contribution in [-0.4, -0.2) is 33.6 Å². The first-order valence-corrected chi connectivity index (χ1v) is 6.76. The molecule has 0 radical (unpaired) electrons. The number of hydrogen-bond acceptors (Lipinski definition) is 4. The largest absolute Gasteiger partial charge is 0.335 e. The molecule has 2 heterocycles. The molecule has 0 aromatic carbocycles. The molecule has 1 aromatic heterocycles. The molecular weight excluding hydrogens is 236 g/mol. The highest BCUT2D eigenvalue weighted by Gasteiger charge is 2.23. The number of anilines is 1. The minimum absolute atomic E-state index is 0.350. The van der Waals surface area contributed by atoms with E-state index in [2.05, 4.69) is 20.1 Å². The summed E-state index contributed by atoms with van der Waals surface area (Å²) in [7, 11) is 0. The number of rotatable bonds is 2. The molecule has 2 rings (SSSR count). The highest BCUT2D eigenvalue weighted by molar-refractivity contribution is 6.18. The molecule has 0 bridgehead atoms. The van der Waals surface area contributed by atoms with E-state index >= 15 is 0 Å². The normalized spacial score (nSPS) is 21.4. The molecule has 0 spiro atoms. The van der Waals surface area contributed by atoms with Crippen LogP contribution < -0.4 is 4.90 Å². The van der Waals surface area contributed by atoms with Gasteiger partial charge in [-0.2, -0.15) is 5.10 Å². The highest BCUT2D eigenvalue weighted by atomic mass is 35.5. The molecule has 1 aliphatic rings. The fourth-order valence-corrected chi connectivity index (χ4v) is 2.49. The Bertz CT molecular complexity index is 383. The van der Waals surface area contributed by atoms with Gasteiger partial charge in [-0.15, -0.1) is 16.7 Å². The van der Waals surface area contributed by atoms with Crippen molar-refractivity contribution in [3.05, 3.63) is 11.4 Å². The summed E-state index contributed by atoms with van der Waals surface area (Å²) < 4.78 is 0. The zero-order chi connectivity index (χ0) is 12.3. The molecule has 0 N–H and O–H groups in total. The van der Waals surface area contributed by atoms with Gasteiger partial charge in [-0.3, -0.25) is 0 Å². The van der Waals surface area contributed by atoms with Gasteiger partial charge in [0.25, 0.3) is 0 Å². The first-order chi connectivity index (χ1) is 8.22. The summed E-state index contributed by atoms with van der Waals surface area (Å²) >= 11 is 6.05. The second kappa shape index (κ2) is 5.63. The molecule has 0 saturated carbocycles. The van der Waals surface area contributed by atoms with Crippen LogP contribution in [0.1, 0.15) is 37.1 Å². The van der Waals surface area contributed by atoms with E-state index in [-0.39, 0.29) is 0 Å². The van der Waals surface area contributed by atoms with Crippen LogP contribution in [0.25, 0.3) is 0 Å². The second-order valence-electron chi connectivity index (χ2n) is 4.63. The van der Waals surface area contributed by atoms with E-state index in [1.165, 1.54) is 19.3 Å². The predicted octanol–water partition coefficient (Wildman–Crippen LogP) is 2.48. The number of hydrogen-bond donors (Lipinski definition) is 0. The fraction of sp³-hybridized carbons (Fsp3) is 0.750. The smallest absolute Gasteiger partial charge is 0.245 e. The Balaban J connectivity index is 2.25. The van der Waals surface area contributed by atoms with Crippen molar-refractivity contribution >= 4 is 17.5 Å². The van der Waals surface area contributed by atoms with Crippen LogP contribution in [0.5, 0.6) is 0 Å². The minimum atomic E-state index is 0.350. The number of aromatic nitrogens is 3. The van der Waals surface area contributed by atoms with Gasteiger partial charge in [-0.25, -0.2) is 4.98 Å². The summed E-state index contributed by atoms with van der Waals surface area (Å²) in [5.74, 6) is 1.37. The van der Waals surface area contributed by atoms with Gasteiger partial charge in [0.1, 0.15) is 0 Å². The van der Waals surface area contributed by atoms with Crippen LogP contribution in [0.3, 0.4) is 0 Å². The fourth-order valence-electron chi connectivity index (χ4n) is 2.17. The van der Waals surface area contributed by atoms with E-state index in [0.717, 1.165) is 30.3 Å². The first kappa shape index (κ1) is 12.6. The van der Waals surface area contributed by atoms with Crippen molar-refractivity contribution in [2.45, 2.75) is 45.6 Å². The number of alkyl halides is 1. The lowest BCUT2D eigenvalue weighted by atomic mass is 10.1. The Morgan fingerprint density at radius 2 is 2.00 bits per heavy atom. The Hall–Kier alpha value is -0.900. The van der Waals surface area contributed by atoms with E-state index in [1.54, 1.807) is 0 Å². The van der Waals surface area contributed by atoms with E-state index in [0.29, 0.717) is 11.9 Å². The van der Waals surface area contributed by atoms with Crippen molar-refractivity contribution in [1.82, 2.24) is 15.2 Å². The van der Waals surface area contributed by atoms with E-state index in [4.69, 9.17) is 11.6 Å². The standard InChI is InChI=1S/C12H19ClN4/c1-9-10(2)15-16-12(14-9)17-7-5-3-4-6-11(17)8-13/h11H,3-8H2,1-2H3. The van der Waals surface area contributed by atoms with Crippen LogP contribution in [-0.2, 0) is 0 Å². The maximum atomic E-state index is 6.05. The molecule has 17 heavy (non-hydrogen) atoms. The molecule has 1 aliphatic heterocycles. The monoisotopic (exact) mass is 254 g/mol. The molecule has 4 nitrogen and oxygen atoms in total. The van der Waals surface area contributed by atoms with Gasteiger partial charge in [0.2, 0.25) is 5.95 Å². The van der Waals surface area contributed by atoms with Crippen LogP contribution >= 0.6 is 11.6 Å². The molecule has 0 aliphatic carbocycles. The minimum Gasteiger partial charge on any atom is -0.335 e. The molecular formula is C12H19ClN4. The Morgan fingerprint density at radius 1 is 1.18 bits per heavy atom. The molecule has 1 saturated heterocycles. The van der Waals surface area contributed by atoms with Crippen molar-refractivity contribution < 1.29 is 0 Å². The molecule has 5 heteroatoms. The summed E-state index contributed by atoms with van der Waals surface area (Å²) in [5, 5.41) is 8.36. The van der Waals surface area contributed by atoms with Crippen molar-refractivity contribution in [2.75, 3.05) is 17.3 Å². The van der Waals surface area contributed by atoms with Crippen LogP contribution in [0.2, 0.25) is 0 Å². The maximum absolute atomic E-state index is 6.05. The van der Waals surface area contributed by atoms with Gasteiger partial charge in [0, 0.05) is 18.5 Å². The van der Waals surface area contributed by atoms with Crippen molar-refractivity contribution in [3.63, 3.8) is 0 Å². The Labute approximate surface area is 107 Å². The van der Waals surface area contributed by atoms with E-state index < -0.39 is 0 Å². The third-order valence-electron chi connectivity index (χ3n) is 3.39. The van der Waals surface area contributed by atoms with Crippen LogP contribution in [0.15, 0.2) is 0 Å². The lowest BCUT2D eigenvalue weighted by Gasteiger charge is -2.28. The average molecular weight is 255 g/mol. The van der Waals surface area contributed by atoms with Crippen LogP contribution in [0, 0.1) is 13.8 Å². The summed E-state index contributed by atoms with van der Waals surface area (Å²) in [6, 6.07) is 0.350. The van der Waals surface area contributed by atoms with Gasteiger partial charge < -0.3 is 4.90 Å². The lowest BCUT2D eigenvalue weighted by molar-refractivity contribution is 0.603. The predicted molar refractivity (Wildman–Crippen MR) is 69.6 cm³/mol. The third-order valence-corrected chi connectivity index (χ3v) is 3.75. The summed E-state index contributed by atoms with van der Waals surface area (Å²) in [6.45, 7) is 4.89. The molecule has 1 unspecified atom stereocenters. The summed E-state index contributed by atoms with van der Waals surface area (Å²) in [6.07, 6.45) is 4.82. The summed E-state index contributed by atoms with van der Waals surface area (Å²) in [4.78, 5) is 6.75. The molecule has 0 amide bonds. The lowest BCUT2D eigenvalue weighted by Crippen LogP contribution is -2.37. The van der Waals surface area contributed by atoms with Crippen LogP contribution in [0.4, 0.5) is 5.95 Å². The molecule has 1 fully saturated rings. The summed E-state index contributed by atoms with van der Waals surface area (Å²) in [5.41, 5.74) is 1.85. The van der Waals surface area contributed by atoms with Gasteiger partial charge in [-0.05, 0) is 26.7 Å². The molecule has 1 aromatic rings.